The molecule has 0 saturated carbocycles. The molecule has 0 heterocycles. The monoisotopic (exact) mass is 291 g/mol. The molecule has 2 aromatic carbocycles. The first kappa shape index (κ1) is 15.1. The number of hydrogen-bond acceptors (Lipinski definition) is 2. The van der Waals surface area contributed by atoms with Crippen molar-refractivity contribution in [2.24, 2.45) is 0 Å². The summed E-state index contributed by atoms with van der Waals surface area (Å²) in [5.74, 6) is -2.13. The molecule has 0 bridgehead atoms. The molecule has 0 radical (unpaired) electrons. The lowest BCUT2D eigenvalue weighted by atomic mass is 10.1. The Bertz CT molecular complexity index is 624. The largest absolute Gasteiger partial charge is 0.478 e. The van der Waals surface area contributed by atoms with Crippen LogP contribution < -0.4 is 5.32 Å². The summed E-state index contributed by atoms with van der Waals surface area (Å²) < 4.78 is 26.0. The van der Waals surface area contributed by atoms with Crippen LogP contribution in [0.5, 0.6) is 0 Å². The number of rotatable bonds is 6. The number of carbonyl (C=O) groups is 1. The third kappa shape index (κ3) is 4.65. The zero-order valence-electron chi connectivity index (χ0n) is 11.3. The maximum Gasteiger partial charge on any atom is 0.335 e. The van der Waals surface area contributed by atoms with Crippen molar-refractivity contribution in [3.63, 3.8) is 0 Å². The minimum Gasteiger partial charge on any atom is -0.478 e. The summed E-state index contributed by atoms with van der Waals surface area (Å²) in [5.41, 5.74) is 1.67. The normalized spacial score (nSPS) is 10.6. The van der Waals surface area contributed by atoms with Crippen LogP contribution in [0.1, 0.15) is 21.5 Å². The number of carboxylic acid groups (broad SMARTS) is 1. The Kier molecular flexibility index (Phi) is 5.00. The van der Waals surface area contributed by atoms with Crippen molar-refractivity contribution in [2.45, 2.75) is 13.0 Å². The van der Waals surface area contributed by atoms with Gasteiger partial charge in [-0.3, -0.25) is 0 Å². The van der Waals surface area contributed by atoms with Gasteiger partial charge in [0.05, 0.1) is 5.56 Å². The van der Waals surface area contributed by atoms with Crippen LogP contribution >= 0.6 is 0 Å². The molecule has 0 aromatic heterocycles. The van der Waals surface area contributed by atoms with Gasteiger partial charge >= 0.3 is 5.97 Å². The molecule has 0 aliphatic carbocycles. The molecule has 0 spiro atoms. The molecular formula is C16H15F2NO2. The summed E-state index contributed by atoms with van der Waals surface area (Å²) in [6.07, 6.45) is 0.493. The molecule has 0 atom stereocenters. The Balaban J connectivity index is 1.84. The highest BCUT2D eigenvalue weighted by Crippen LogP contribution is 2.09. The van der Waals surface area contributed by atoms with E-state index in [9.17, 15) is 13.6 Å². The molecule has 0 aliphatic heterocycles. The van der Waals surface area contributed by atoms with Crippen molar-refractivity contribution in [2.75, 3.05) is 6.54 Å². The summed E-state index contributed by atoms with van der Waals surface area (Å²) in [5, 5.41) is 12.0. The molecule has 3 nitrogen and oxygen atoms in total. The van der Waals surface area contributed by atoms with E-state index in [-0.39, 0.29) is 5.56 Å². The van der Waals surface area contributed by atoms with Crippen LogP contribution in [0.25, 0.3) is 0 Å². The van der Waals surface area contributed by atoms with Gasteiger partial charge in [0.1, 0.15) is 11.6 Å². The van der Waals surface area contributed by atoms with E-state index in [1.54, 1.807) is 12.1 Å². The Labute approximate surface area is 121 Å². The van der Waals surface area contributed by atoms with Gasteiger partial charge in [0.15, 0.2) is 0 Å². The fraction of sp³-hybridized carbons (Fsp3) is 0.188. The van der Waals surface area contributed by atoms with E-state index in [4.69, 9.17) is 5.11 Å². The van der Waals surface area contributed by atoms with Crippen molar-refractivity contribution in [1.82, 2.24) is 5.32 Å². The number of hydrogen-bond donors (Lipinski definition) is 2. The molecule has 0 saturated heterocycles. The Morgan fingerprint density at radius 1 is 1.05 bits per heavy atom. The molecule has 2 rings (SSSR count). The molecule has 5 heteroatoms. The standard InChI is InChI=1S/C16H15F2NO2/c17-14-7-11(8-15(18)9-14)4-5-19-10-12-2-1-3-13(6-12)16(20)21/h1-3,6-9,19H,4-5,10H2,(H,20,21). The minimum absolute atomic E-state index is 0.238. The predicted octanol–water partition coefficient (Wildman–Crippen LogP) is 3.00. The van der Waals surface area contributed by atoms with Crippen LogP contribution in [-0.4, -0.2) is 17.6 Å². The van der Waals surface area contributed by atoms with Gasteiger partial charge in [-0.25, -0.2) is 13.6 Å². The van der Waals surface area contributed by atoms with Crippen LogP contribution in [0.3, 0.4) is 0 Å². The number of carboxylic acids is 1. The second-order valence-electron chi connectivity index (χ2n) is 4.71. The van der Waals surface area contributed by atoms with Gasteiger partial charge in [0, 0.05) is 12.6 Å². The first-order valence-electron chi connectivity index (χ1n) is 6.52. The van der Waals surface area contributed by atoms with Gasteiger partial charge in [-0.1, -0.05) is 12.1 Å². The fourth-order valence-corrected chi connectivity index (χ4v) is 2.04. The SMILES string of the molecule is O=C(O)c1cccc(CNCCc2cc(F)cc(F)c2)c1. The average molecular weight is 291 g/mol. The predicted molar refractivity (Wildman–Crippen MR) is 75.2 cm³/mol. The highest BCUT2D eigenvalue weighted by Gasteiger charge is 2.03. The van der Waals surface area contributed by atoms with Crippen molar-refractivity contribution in [3.05, 3.63) is 70.8 Å². The lowest BCUT2D eigenvalue weighted by Gasteiger charge is -2.06. The number of nitrogens with one attached hydrogen (secondary N) is 1. The molecule has 2 N–H and O–H groups in total. The first-order chi connectivity index (χ1) is 10.0. The molecule has 0 aliphatic rings. The van der Waals surface area contributed by atoms with E-state index in [2.05, 4.69) is 5.32 Å². The van der Waals surface area contributed by atoms with E-state index in [0.29, 0.717) is 25.1 Å². The lowest BCUT2D eigenvalue weighted by molar-refractivity contribution is 0.0696. The summed E-state index contributed by atoms with van der Waals surface area (Å²) in [6, 6.07) is 10.1. The second kappa shape index (κ2) is 6.95. The van der Waals surface area contributed by atoms with Crippen LogP contribution in [0.15, 0.2) is 42.5 Å². The Hall–Kier alpha value is -2.27. The van der Waals surface area contributed by atoms with E-state index in [1.807, 2.05) is 6.07 Å². The maximum absolute atomic E-state index is 13.0. The second-order valence-corrected chi connectivity index (χ2v) is 4.71. The zero-order valence-corrected chi connectivity index (χ0v) is 11.3. The van der Waals surface area contributed by atoms with Gasteiger partial charge < -0.3 is 10.4 Å². The lowest BCUT2D eigenvalue weighted by Crippen LogP contribution is -2.17. The molecule has 0 unspecified atom stereocenters. The van der Waals surface area contributed by atoms with Gasteiger partial charge in [-0.05, 0) is 48.4 Å². The van der Waals surface area contributed by atoms with Gasteiger partial charge in [-0.2, -0.15) is 0 Å². The minimum atomic E-state index is -0.966. The quantitative estimate of drug-likeness (QED) is 0.804. The van der Waals surface area contributed by atoms with Crippen molar-refractivity contribution in [1.29, 1.82) is 0 Å². The first-order valence-corrected chi connectivity index (χ1v) is 6.52. The number of halogens is 2. The highest BCUT2D eigenvalue weighted by atomic mass is 19.1. The Morgan fingerprint density at radius 3 is 2.43 bits per heavy atom. The maximum atomic E-state index is 13.0. The van der Waals surface area contributed by atoms with Crippen molar-refractivity contribution in [3.8, 4) is 0 Å². The number of benzene rings is 2. The van der Waals surface area contributed by atoms with Gasteiger partial charge in [0.2, 0.25) is 0 Å². The fourth-order valence-electron chi connectivity index (χ4n) is 2.04. The van der Waals surface area contributed by atoms with E-state index in [1.165, 1.54) is 18.2 Å². The highest BCUT2D eigenvalue weighted by molar-refractivity contribution is 5.87. The zero-order chi connectivity index (χ0) is 15.2. The summed E-state index contributed by atoms with van der Waals surface area (Å²) in [7, 11) is 0. The molecule has 21 heavy (non-hydrogen) atoms. The molecule has 0 fully saturated rings. The smallest absolute Gasteiger partial charge is 0.335 e. The molecule has 0 amide bonds. The summed E-state index contributed by atoms with van der Waals surface area (Å²) in [4.78, 5) is 10.8. The molecular weight excluding hydrogens is 276 g/mol. The van der Waals surface area contributed by atoms with Crippen LogP contribution in [0.2, 0.25) is 0 Å². The average Bonchev–Trinajstić information content (AvgIpc) is 2.43. The topological polar surface area (TPSA) is 49.3 Å². The summed E-state index contributed by atoms with van der Waals surface area (Å²) in [6.45, 7) is 1.04. The van der Waals surface area contributed by atoms with Crippen molar-refractivity contribution >= 4 is 5.97 Å². The van der Waals surface area contributed by atoms with Crippen LogP contribution in [0, 0.1) is 11.6 Å². The van der Waals surface area contributed by atoms with Crippen LogP contribution in [-0.2, 0) is 13.0 Å². The van der Waals surface area contributed by atoms with E-state index in [0.717, 1.165) is 11.6 Å². The van der Waals surface area contributed by atoms with E-state index < -0.39 is 17.6 Å². The summed E-state index contributed by atoms with van der Waals surface area (Å²) >= 11 is 0. The third-order valence-electron chi connectivity index (χ3n) is 3.02. The van der Waals surface area contributed by atoms with Crippen LogP contribution in [0.4, 0.5) is 8.78 Å². The Morgan fingerprint density at radius 2 is 1.76 bits per heavy atom. The van der Waals surface area contributed by atoms with E-state index >= 15 is 0 Å². The van der Waals surface area contributed by atoms with Gasteiger partial charge in [0.25, 0.3) is 0 Å². The molecule has 2 aromatic rings. The number of aromatic carboxylic acids is 1. The van der Waals surface area contributed by atoms with Crippen molar-refractivity contribution < 1.29 is 18.7 Å². The molecule has 110 valence electrons. The van der Waals surface area contributed by atoms with Gasteiger partial charge in [-0.15, -0.1) is 0 Å². The third-order valence-corrected chi connectivity index (χ3v) is 3.02.